The summed E-state index contributed by atoms with van der Waals surface area (Å²) in [6.45, 7) is 0.602. The van der Waals surface area contributed by atoms with Gasteiger partial charge in [-0.3, -0.25) is 4.79 Å². The molecule has 0 unspecified atom stereocenters. The molecule has 4 atom stereocenters. The number of fused-ring (bicyclic) bond motifs is 1. The summed E-state index contributed by atoms with van der Waals surface area (Å²) in [6.07, 6.45) is 0.988. The molecule has 2 aliphatic rings. The van der Waals surface area contributed by atoms with E-state index >= 15 is 0 Å². The first-order chi connectivity index (χ1) is 17.0. The molecule has 0 spiro atoms. The van der Waals surface area contributed by atoms with E-state index in [1.807, 2.05) is 30.3 Å². The average molecular weight is 476 g/mol. The monoisotopic (exact) mass is 476 g/mol. The maximum Gasteiger partial charge on any atom is 0.336 e. The second-order valence-electron chi connectivity index (χ2n) is 8.27. The summed E-state index contributed by atoms with van der Waals surface area (Å²) in [5.41, 5.74) is 1.73. The quantitative estimate of drug-likeness (QED) is 0.470. The highest BCUT2D eigenvalue weighted by Gasteiger charge is 2.48. The first-order valence-electron chi connectivity index (χ1n) is 11.1. The van der Waals surface area contributed by atoms with Crippen LogP contribution in [-0.2, 0) is 9.47 Å². The number of rotatable bonds is 7. The highest BCUT2D eigenvalue weighted by Crippen LogP contribution is 2.29. The van der Waals surface area contributed by atoms with E-state index in [4.69, 9.17) is 14.2 Å². The number of carboxylic acid groups (broad SMARTS) is 1. The number of hydrogen-bond acceptors (Lipinski definition) is 8. The zero-order valence-corrected chi connectivity index (χ0v) is 18.9. The van der Waals surface area contributed by atoms with Crippen molar-refractivity contribution >= 4 is 17.8 Å². The minimum atomic E-state index is -1.16. The molecule has 2 saturated heterocycles. The van der Waals surface area contributed by atoms with Crippen LogP contribution in [0.2, 0.25) is 0 Å². The molecule has 3 N–H and O–H groups in total. The Labute approximate surface area is 201 Å². The smallest absolute Gasteiger partial charge is 0.336 e. The predicted octanol–water partition coefficient (Wildman–Crippen LogP) is 2.23. The first-order valence-corrected chi connectivity index (χ1v) is 11.1. The summed E-state index contributed by atoms with van der Waals surface area (Å²) in [5.74, 6) is -0.428. The number of amides is 1. The van der Waals surface area contributed by atoms with Gasteiger partial charge in [-0.15, -0.1) is 0 Å². The first kappa shape index (κ1) is 22.8. The Hall–Kier alpha value is -4.02. The van der Waals surface area contributed by atoms with Gasteiger partial charge in [0.25, 0.3) is 5.91 Å². The van der Waals surface area contributed by atoms with Crippen molar-refractivity contribution in [1.29, 1.82) is 0 Å². The van der Waals surface area contributed by atoms with Crippen LogP contribution in [-0.4, -0.2) is 71.6 Å². The maximum atomic E-state index is 12.8. The third kappa shape index (κ3) is 4.66. The molecule has 10 heteroatoms. The highest BCUT2D eigenvalue weighted by atomic mass is 16.6. The number of anilines is 1. The molecule has 2 fully saturated rings. The van der Waals surface area contributed by atoms with Gasteiger partial charge in [-0.2, -0.15) is 0 Å². The van der Waals surface area contributed by atoms with E-state index in [0.717, 1.165) is 17.0 Å². The number of aromatic nitrogens is 2. The molecular weight excluding hydrogens is 452 g/mol. The van der Waals surface area contributed by atoms with Crippen molar-refractivity contribution in [3.05, 3.63) is 71.9 Å². The molecule has 3 aromatic rings. The van der Waals surface area contributed by atoms with Gasteiger partial charge >= 0.3 is 5.97 Å². The number of nitrogens with zero attached hydrogens (tertiary/aromatic N) is 2. The number of carboxylic acids is 1. The molecule has 0 radical (unpaired) electrons. The van der Waals surface area contributed by atoms with Crippen molar-refractivity contribution in [2.45, 2.75) is 24.3 Å². The summed E-state index contributed by atoms with van der Waals surface area (Å²) in [4.78, 5) is 33.2. The van der Waals surface area contributed by atoms with Gasteiger partial charge in [-0.05, 0) is 42.5 Å². The maximum absolute atomic E-state index is 12.8. The summed E-state index contributed by atoms with van der Waals surface area (Å²) >= 11 is 0. The molecule has 2 aromatic carbocycles. The number of hydrogen-bond donors (Lipinski definition) is 3. The van der Waals surface area contributed by atoms with E-state index in [1.165, 1.54) is 12.1 Å². The summed E-state index contributed by atoms with van der Waals surface area (Å²) in [7, 11) is 1.62. The minimum absolute atomic E-state index is 0.0544. The number of carbonyl (C=O) groups excluding carboxylic acids is 1. The van der Waals surface area contributed by atoms with Crippen LogP contribution in [0.15, 0.2) is 60.8 Å². The van der Waals surface area contributed by atoms with Crippen LogP contribution >= 0.6 is 0 Å². The SMILES string of the molecule is COc1ccc(-c2ccnc(N[C@H]3CO[C@H]4[C@@H]3OC[C@@H]4NC(=O)c3ccccc3C(=O)O)n2)cc1. The summed E-state index contributed by atoms with van der Waals surface area (Å²) < 4.78 is 17.1. The normalized spacial score (nSPS) is 22.9. The Morgan fingerprint density at radius 3 is 2.37 bits per heavy atom. The van der Waals surface area contributed by atoms with Crippen LogP contribution in [0.3, 0.4) is 0 Å². The van der Waals surface area contributed by atoms with Crippen molar-refractivity contribution in [2.75, 3.05) is 25.6 Å². The van der Waals surface area contributed by atoms with Crippen molar-refractivity contribution in [1.82, 2.24) is 15.3 Å². The van der Waals surface area contributed by atoms with E-state index < -0.39 is 17.9 Å². The second kappa shape index (κ2) is 9.69. The Balaban J connectivity index is 1.24. The predicted molar refractivity (Wildman–Crippen MR) is 126 cm³/mol. The molecule has 1 amide bonds. The van der Waals surface area contributed by atoms with Gasteiger partial charge in [0.2, 0.25) is 5.95 Å². The Bertz CT molecular complexity index is 1230. The zero-order valence-electron chi connectivity index (χ0n) is 18.9. The number of nitrogens with one attached hydrogen (secondary N) is 2. The fraction of sp³-hybridized carbons (Fsp3) is 0.280. The molecule has 0 aliphatic carbocycles. The number of methoxy groups -OCH3 is 1. The fourth-order valence-corrected chi connectivity index (χ4v) is 4.38. The molecule has 10 nitrogen and oxygen atoms in total. The molecule has 1 aromatic heterocycles. The van der Waals surface area contributed by atoms with Crippen molar-refractivity contribution in [3.8, 4) is 17.0 Å². The van der Waals surface area contributed by atoms with E-state index in [2.05, 4.69) is 20.6 Å². The zero-order chi connectivity index (χ0) is 24.4. The van der Waals surface area contributed by atoms with Crippen LogP contribution in [0.1, 0.15) is 20.7 Å². The van der Waals surface area contributed by atoms with Crippen LogP contribution in [0, 0.1) is 0 Å². The molecule has 0 bridgehead atoms. The van der Waals surface area contributed by atoms with E-state index in [1.54, 1.807) is 25.4 Å². The molecule has 35 heavy (non-hydrogen) atoms. The Morgan fingerprint density at radius 2 is 1.66 bits per heavy atom. The van der Waals surface area contributed by atoms with Gasteiger partial charge in [-0.25, -0.2) is 14.8 Å². The number of aromatic carboxylic acids is 1. The van der Waals surface area contributed by atoms with Crippen LogP contribution in [0.25, 0.3) is 11.3 Å². The number of benzene rings is 2. The molecule has 0 saturated carbocycles. The lowest BCUT2D eigenvalue weighted by atomic mass is 10.0. The van der Waals surface area contributed by atoms with Crippen molar-refractivity contribution in [2.24, 2.45) is 0 Å². The van der Waals surface area contributed by atoms with Gasteiger partial charge in [0, 0.05) is 11.8 Å². The van der Waals surface area contributed by atoms with Gasteiger partial charge in [0.15, 0.2) is 0 Å². The Morgan fingerprint density at radius 1 is 0.971 bits per heavy atom. The largest absolute Gasteiger partial charge is 0.497 e. The molecule has 5 rings (SSSR count). The van der Waals surface area contributed by atoms with Gasteiger partial charge in [0.05, 0.1) is 49.2 Å². The summed E-state index contributed by atoms with van der Waals surface area (Å²) in [5, 5.41) is 15.5. The van der Waals surface area contributed by atoms with Crippen LogP contribution in [0.5, 0.6) is 5.75 Å². The molecule has 180 valence electrons. The standard InChI is InChI=1S/C25H24N4O6/c1-33-15-8-6-14(7-9-15)18-10-11-26-25(28-18)29-20-13-35-21-19(12-34-22(20)21)27-23(30)16-4-2-3-5-17(16)24(31)32/h2-11,19-22H,12-13H2,1H3,(H,27,30)(H,31,32)(H,26,28,29)/t19-,20-,21+,22+/m0/s1. The molecule has 2 aliphatic heterocycles. The highest BCUT2D eigenvalue weighted by molar-refractivity contribution is 6.04. The second-order valence-corrected chi connectivity index (χ2v) is 8.27. The van der Waals surface area contributed by atoms with Crippen LogP contribution in [0.4, 0.5) is 5.95 Å². The van der Waals surface area contributed by atoms with Gasteiger partial charge in [-0.1, -0.05) is 12.1 Å². The number of ether oxygens (including phenoxy) is 3. The van der Waals surface area contributed by atoms with Crippen molar-refractivity contribution in [3.63, 3.8) is 0 Å². The minimum Gasteiger partial charge on any atom is -0.497 e. The van der Waals surface area contributed by atoms with Crippen LogP contribution < -0.4 is 15.4 Å². The van der Waals surface area contributed by atoms with Crippen molar-refractivity contribution < 1.29 is 28.9 Å². The van der Waals surface area contributed by atoms with Gasteiger partial charge in [0.1, 0.15) is 18.0 Å². The molecular formula is C25H24N4O6. The Kier molecular flexibility index (Phi) is 6.30. The van der Waals surface area contributed by atoms with E-state index in [-0.39, 0.29) is 36.0 Å². The lowest BCUT2D eigenvalue weighted by Gasteiger charge is -2.19. The average Bonchev–Trinajstić information content (AvgIpc) is 3.47. The lowest BCUT2D eigenvalue weighted by molar-refractivity contribution is 0.0646. The number of carbonyl (C=O) groups is 2. The van der Waals surface area contributed by atoms with E-state index in [9.17, 15) is 14.7 Å². The summed E-state index contributed by atoms with van der Waals surface area (Å²) in [6, 6.07) is 14.9. The van der Waals surface area contributed by atoms with E-state index in [0.29, 0.717) is 12.6 Å². The third-order valence-corrected chi connectivity index (χ3v) is 6.13. The lowest BCUT2D eigenvalue weighted by Crippen LogP contribution is -2.45. The van der Waals surface area contributed by atoms with Gasteiger partial charge < -0.3 is 30.0 Å². The fourth-order valence-electron chi connectivity index (χ4n) is 4.38. The topological polar surface area (TPSA) is 132 Å². The molecule has 3 heterocycles. The third-order valence-electron chi connectivity index (χ3n) is 6.13.